The average Bonchev–Trinajstić information content (AvgIpc) is 3.17. The maximum absolute atomic E-state index is 11.8. The van der Waals surface area contributed by atoms with Crippen LogP contribution in [0.3, 0.4) is 0 Å². The Morgan fingerprint density at radius 3 is 2.14 bits per heavy atom. The van der Waals surface area contributed by atoms with Crippen molar-refractivity contribution in [1.82, 2.24) is 19.1 Å². The highest BCUT2D eigenvalue weighted by Crippen LogP contribution is 2.01. The van der Waals surface area contributed by atoms with Gasteiger partial charge in [0.15, 0.2) is 5.78 Å². The van der Waals surface area contributed by atoms with Crippen LogP contribution in [0.2, 0.25) is 0 Å². The van der Waals surface area contributed by atoms with Crippen LogP contribution in [-0.4, -0.2) is 24.9 Å². The summed E-state index contributed by atoms with van der Waals surface area (Å²) in [5, 5.41) is 0. The predicted molar refractivity (Wildman–Crippen MR) is 88.0 cm³/mol. The molecule has 0 saturated heterocycles. The number of imidazole rings is 2. The van der Waals surface area contributed by atoms with Crippen LogP contribution in [-0.2, 0) is 17.9 Å². The Bertz CT molecular complexity index is 704. The third-order valence-corrected chi connectivity index (χ3v) is 3.19. The molecule has 114 valence electrons. The Kier molecular flexibility index (Phi) is 5.65. The summed E-state index contributed by atoms with van der Waals surface area (Å²) in [4.78, 5) is 20.2. The number of carbonyl (C=O) groups excluding carboxylic acids is 1. The smallest absolute Gasteiger partial charge is 0.178 e. The van der Waals surface area contributed by atoms with Gasteiger partial charge in [0, 0.05) is 37.9 Å². The largest absolute Gasteiger partial charge is 0.332 e. The van der Waals surface area contributed by atoms with Gasteiger partial charge in [0.05, 0.1) is 0 Å². The molecule has 0 saturated carbocycles. The molecule has 0 aromatic carbocycles. The summed E-state index contributed by atoms with van der Waals surface area (Å²) < 4.78 is 3.99. The molecule has 2 heterocycles. The van der Waals surface area contributed by atoms with Crippen molar-refractivity contribution in [2.45, 2.75) is 26.9 Å². The van der Waals surface area contributed by atoms with E-state index in [2.05, 4.69) is 16.9 Å². The Labute approximate surface area is 130 Å². The Morgan fingerprint density at radius 1 is 0.955 bits per heavy atom. The van der Waals surface area contributed by atoms with E-state index in [-0.39, 0.29) is 5.78 Å². The van der Waals surface area contributed by atoms with E-state index in [1.54, 1.807) is 24.5 Å². The minimum atomic E-state index is -0.0749. The Hall–Kier alpha value is -2.69. The predicted octanol–water partition coefficient (Wildman–Crippen LogP) is 2.97. The number of ketones is 1. The Balaban J connectivity index is 1.92. The molecule has 0 N–H and O–H groups in total. The van der Waals surface area contributed by atoms with E-state index in [0.29, 0.717) is 0 Å². The molecule has 0 spiro atoms. The highest BCUT2D eigenvalue weighted by Gasteiger charge is 1.96. The molecule has 0 aliphatic rings. The molecule has 0 fully saturated rings. The summed E-state index contributed by atoms with van der Waals surface area (Å²) in [6.07, 6.45) is 17.5. The van der Waals surface area contributed by atoms with Crippen molar-refractivity contribution in [2.75, 3.05) is 0 Å². The second kappa shape index (κ2) is 7.93. The van der Waals surface area contributed by atoms with Crippen LogP contribution >= 0.6 is 0 Å². The van der Waals surface area contributed by atoms with E-state index in [9.17, 15) is 4.79 Å². The molecular formula is C17H20N4O. The topological polar surface area (TPSA) is 52.7 Å². The van der Waals surface area contributed by atoms with Gasteiger partial charge in [-0.15, -0.1) is 0 Å². The van der Waals surface area contributed by atoms with Gasteiger partial charge in [-0.05, 0) is 38.2 Å². The van der Waals surface area contributed by atoms with Gasteiger partial charge < -0.3 is 9.13 Å². The summed E-state index contributed by atoms with van der Waals surface area (Å²) in [7, 11) is 0. The minimum Gasteiger partial charge on any atom is -0.332 e. The quantitative estimate of drug-likeness (QED) is 0.583. The number of rotatable bonds is 7. The molecule has 22 heavy (non-hydrogen) atoms. The lowest BCUT2D eigenvalue weighted by molar-refractivity contribution is -0.110. The van der Waals surface area contributed by atoms with Gasteiger partial charge >= 0.3 is 0 Å². The molecule has 2 rings (SSSR count). The number of hydrogen-bond donors (Lipinski definition) is 0. The van der Waals surface area contributed by atoms with Crippen LogP contribution in [0.4, 0.5) is 0 Å². The van der Waals surface area contributed by atoms with Crippen molar-refractivity contribution in [3.8, 4) is 0 Å². The fraction of sp³-hybridized carbons (Fsp3) is 0.235. The summed E-state index contributed by atoms with van der Waals surface area (Å²) in [5.74, 6) is 1.58. The number of aryl methyl sites for hydroxylation is 2. The maximum Gasteiger partial charge on any atom is 0.178 e. The molecule has 0 unspecified atom stereocenters. The lowest BCUT2D eigenvalue weighted by Crippen LogP contribution is -1.95. The zero-order valence-electron chi connectivity index (χ0n) is 12.9. The molecule has 0 radical (unpaired) electrons. The standard InChI is InChI=1S/C17H20N4O/c1-3-20-13-11-18-16(20)8-6-5-7-15(22)9-10-17-19-12-14-21(17)4-2/h5-14H,3-4H2,1-2H3/b7-5+,8-6+,10-9+. The van der Waals surface area contributed by atoms with Crippen LogP contribution < -0.4 is 0 Å². The number of hydrogen-bond acceptors (Lipinski definition) is 3. The SMILES string of the molecule is CCn1ccnc1/C=C/C=C/C(=O)/C=C/c1nccn1CC. The van der Waals surface area contributed by atoms with Gasteiger partial charge in [-0.3, -0.25) is 4.79 Å². The molecule has 2 aromatic heterocycles. The number of carbonyl (C=O) groups is 1. The number of allylic oxidation sites excluding steroid dienone is 4. The summed E-state index contributed by atoms with van der Waals surface area (Å²) in [6, 6.07) is 0. The third kappa shape index (κ3) is 4.15. The molecule has 0 amide bonds. The van der Waals surface area contributed by atoms with Crippen molar-refractivity contribution < 1.29 is 4.79 Å². The van der Waals surface area contributed by atoms with E-state index in [4.69, 9.17) is 0 Å². The van der Waals surface area contributed by atoms with E-state index < -0.39 is 0 Å². The van der Waals surface area contributed by atoms with Crippen LogP contribution in [0.25, 0.3) is 12.2 Å². The fourth-order valence-electron chi connectivity index (χ4n) is 2.00. The van der Waals surface area contributed by atoms with Crippen molar-refractivity contribution in [3.63, 3.8) is 0 Å². The van der Waals surface area contributed by atoms with Crippen LogP contribution in [0.1, 0.15) is 25.5 Å². The first kappa shape index (κ1) is 15.7. The van der Waals surface area contributed by atoms with Gasteiger partial charge in [-0.25, -0.2) is 9.97 Å². The highest BCUT2D eigenvalue weighted by atomic mass is 16.1. The maximum atomic E-state index is 11.8. The number of aromatic nitrogens is 4. The van der Waals surface area contributed by atoms with Crippen molar-refractivity contribution in [2.24, 2.45) is 0 Å². The molecule has 5 nitrogen and oxygen atoms in total. The van der Waals surface area contributed by atoms with Gasteiger partial charge in [-0.2, -0.15) is 0 Å². The fourth-order valence-corrected chi connectivity index (χ4v) is 2.00. The van der Waals surface area contributed by atoms with E-state index >= 15 is 0 Å². The van der Waals surface area contributed by atoms with Gasteiger partial charge in [0.1, 0.15) is 11.6 Å². The normalized spacial score (nSPS) is 12.1. The second-order valence-corrected chi connectivity index (χ2v) is 4.60. The molecule has 0 aliphatic carbocycles. The third-order valence-electron chi connectivity index (χ3n) is 3.19. The minimum absolute atomic E-state index is 0.0749. The van der Waals surface area contributed by atoms with Crippen LogP contribution in [0, 0.1) is 0 Å². The van der Waals surface area contributed by atoms with Crippen molar-refractivity contribution >= 4 is 17.9 Å². The number of nitrogens with zero attached hydrogens (tertiary/aromatic N) is 4. The monoisotopic (exact) mass is 296 g/mol. The first-order chi connectivity index (χ1) is 10.7. The molecule has 0 aliphatic heterocycles. The molecular weight excluding hydrogens is 276 g/mol. The lowest BCUT2D eigenvalue weighted by Gasteiger charge is -1.98. The summed E-state index contributed by atoms with van der Waals surface area (Å²) >= 11 is 0. The summed E-state index contributed by atoms with van der Waals surface area (Å²) in [6.45, 7) is 5.79. The molecule has 5 heteroatoms. The van der Waals surface area contributed by atoms with Crippen molar-refractivity contribution in [3.05, 3.63) is 60.7 Å². The summed E-state index contributed by atoms with van der Waals surface area (Å²) in [5.41, 5.74) is 0. The van der Waals surface area contributed by atoms with E-state index in [1.807, 2.05) is 40.6 Å². The first-order valence-electron chi connectivity index (χ1n) is 7.33. The molecule has 0 atom stereocenters. The van der Waals surface area contributed by atoms with Gasteiger partial charge in [0.25, 0.3) is 0 Å². The second-order valence-electron chi connectivity index (χ2n) is 4.60. The zero-order valence-corrected chi connectivity index (χ0v) is 12.9. The average molecular weight is 296 g/mol. The van der Waals surface area contributed by atoms with Gasteiger partial charge in [0.2, 0.25) is 0 Å². The van der Waals surface area contributed by atoms with Crippen LogP contribution in [0.15, 0.2) is 49.1 Å². The lowest BCUT2D eigenvalue weighted by atomic mass is 10.3. The van der Waals surface area contributed by atoms with Crippen LogP contribution in [0.5, 0.6) is 0 Å². The van der Waals surface area contributed by atoms with E-state index in [0.717, 1.165) is 24.7 Å². The van der Waals surface area contributed by atoms with E-state index in [1.165, 1.54) is 12.2 Å². The molecule has 2 aromatic rings. The molecule has 0 bridgehead atoms. The zero-order chi connectivity index (χ0) is 15.8. The Morgan fingerprint density at radius 2 is 1.55 bits per heavy atom. The van der Waals surface area contributed by atoms with Gasteiger partial charge in [-0.1, -0.05) is 12.2 Å². The first-order valence-corrected chi connectivity index (χ1v) is 7.33. The highest BCUT2D eigenvalue weighted by molar-refractivity contribution is 6.01. The van der Waals surface area contributed by atoms with Crippen molar-refractivity contribution in [1.29, 1.82) is 0 Å².